The summed E-state index contributed by atoms with van der Waals surface area (Å²) in [6, 6.07) is 3.86. The van der Waals surface area contributed by atoms with Gasteiger partial charge in [-0.15, -0.1) is 0 Å². The molecule has 1 aromatic carbocycles. The van der Waals surface area contributed by atoms with Crippen molar-refractivity contribution in [3.05, 3.63) is 35.8 Å². The average Bonchev–Trinajstić information content (AvgIpc) is 3.32. The number of aromatic nitrogens is 1. The van der Waals surface area contributed by atoms with Crippen LogP contribution in [0.2, 0.25) is 0 Å². The number of benzene rings is 1. The summed E-state index contributed by atoms with van der Waals surface area (Å²) in [5, 5.41) is 6.92. The van der Waals surface area contributed by atoms with Crippen LogP contribution in [0.5, 0.6) is 0 Å². The van der Waals surface area contributed by atoms with Crippen LogP contribution in [0.4, 0.5) is 4.39 Å². The molecule has 2 unspecified atom stereocenters. The third-order valence-corrected chi connectivity index (χ3v) is 7.85. The lowest BCUT2D eigenvalue weighted by atomic mass is 9.71. The molecule has 0 bridgehead atoms. The smallest absolute Gasteiger partial charge is 0.245 e. The summed E-state index contributed by atoms with van der Waals surface area (Å²) >= 11 is 0. The van der Waals surface area contributed by atoms with Crippen molar-refractivity contribution in [2.45, 2.75) is 77.9 Å². The maximum atomic E-state index is 13.9. The van der Waals surface area contributed by atoms with Crippen molar-refractivity contribution in [2.24, 2.45) is 11.8 Å². The van der Waals surface area contributed by atoms with Gasteiger partial charge in [0.15, 0.2) is 0 Å². The number of likely N-dealkylation sites (tertiary alicyclic amines) is 1. The molecular formula is C26H39FN4O2. The number of carbonyl (C=O) groups is 2. The molecule has 1 saturated heterocycles. The SMILES string of the molecule is CC[C@H](c1c[nH]c2cc(F)ccc12)[C@]1(C)C(C)CCN1C(=O)C(NC(=O)[C@H](C)NC)C(C)C. The van der Waals surface area contributed by atoms with Gasteiger partial charge in [-0.05, 0) is 69.3 Å². The second-order valence-electron chi connectivity index (χ2n) is 10.0. The summed E-state index contributed by atoms with van der Waals surface area (Å²) in [7, 11) is 1.73. The summed E-state index contributed by atoms with van der Waals surface area (Å²) in [6.45, 7) is 12.9. The number of amides is 2. The zero-order valence-corrected chi connectivity index (χ0v) is 21.0. The van der Waals surface area contributed by atoms with Gasteiger partial charge in [-0.3, -0.25) is 9.59 Å². The second kappa shape index (κ2) is 9.84. The van der Waals surface area contributed by atoms with Crippen LogP contribution in [0, 0.1) is 17.7 Å². The topological polar surface area (TPSA) is 77.2 Å². The van der Waals surface area contributed by atoms with E-state index in [1.807, 2.05) is 31.0 Å². The minimum atomic E-state index is -0.590. The molecule has 2 heterocycles. The molecule has 1 aromatic heterocycles. The zero-order chi connectivity index (χ0) is 24.5. The molecule has 182 valence electrons. The zero-order valence-electron chi connectivity index (χ0n) is 21.0. The number of nitrogens with one attached hydrogen (secondary N) is 3. The minimum absolute atomic E-state index is 0.0298. The number of aromatic amines is 1. The maximum absolute atomic E-state index is 13.9. The van der Waals surface area contributed by atoms with Gasteiger partial charge in [0.1, 0.15) is 11.9 Å². The van der Waals surface area contributed by atoms with Crippen LogP contribution in [0.3, 0.4) is 0 Å². The van der Waals surface area contributed by atoms with Crippen LogP contribution in [0.1, 0.15) is 65.9 Å². The van der Waals surface area contributed by atoms with Gasteiger partial charge in [0, 0.05) is 35.1 Å². The van der Waals surface area contributed by atoms with Crippen LogP contribution in [-0.4, -0.2) is 52.9 Å². The van der Waals surface area contributed by atoms with Gasteiger partial charge >= 0.3 is 0 Å². The van der Waals surface area contributed by atoms with Crippen LogP contribution in [0.15, 0.2) is 24.4 Å². The molecule has 0 radical (unpaired) electrons. The van der Waals surface area contributed by atoms with E-state index in [4.69, 9.17) is 0 Å². The lowest BCUT2D eigenvalue weighted by molar-refractivity contribution is -0.142. The number of hydrogen-bond donors (Lipinski definition) is 3. The molecule has 3 rings (SSSR count). The quantitative estimate of drug-likeness (QED) is 0.555. The molecule has 0 aliphatic carbocycles. The summed E-state index contributed by atoms with van der Waals surface area (Å²) in [6.07, 6.45) is 3.71. The predicted molar refractivity (Wildman–Crippen MR) is 130 cm³/mol. The lowest BCUT2D eigenvalue weighted by Crippen LogP contribution is -2.60. The second-order valence-corrected chi connectivity index (χ2v) is 10.0. The Morgan fingerprint density at radius 2 is 2.00 bits per heavy atom. The third kappa shape index (κ3) is 4.52. The Kier molecular flexibility index (Phi) is 7.52. The van der Waals surface area contributed by atoms with Crippen molar-refractivity contribution >= 4 is 22.7 Å². The Bertz CT molecular complexity index is 1000. The Labute approximate surface area is 196 Å². The summed E-state index contributed by atoms with van der Waals surface area (Å²) < 4.78 is 13.8. The standard InChI is InChI=1S/C26H39FN4O2/c1-8-21(20-14-29-22-13-18(27)9-10-19(20)22)26(6)16(4)11-12-31(26)25(33)23(15(2)3)30-24(32)17(5)28-7/h9-10,13-17,21,23,28-29H,8,11-12H2,1-7H3,(H,30,32)/t16?,17-,21+,23?,26-/m0/s1. The summed E-state index contributed by atoms with van der Waals surface area (Å²) in [5.41, 5.74) is 1.45. The first kappa shape index (κ1) is 25.2. The maximum Gasteiger partial charge on any atom is 0.245 e. The number of H-pyrrole nitrogens is 1. The number of fused-ring (bicyclic) bond motifs is 1. The third-order valence-electron chi connectivity index (χ3n) is 7.85. The monoisotopic (exact) mass is 458 g/mol. The van der Waals surface area contributed by atoms with Crippen molar-refractivity contribution in [2.75, 3.05) is 13.6 Å². The normalized spacial score (nSPS) is 23.7. The van der Waals surface area contributed by atoms with E-state index < -0.39 is 11.6 Å². The highest BCUT2D eigenvalue weighted by Crippen LogP contribution is 2.48. The first-order valence-corrected chi connectivity index (χ1v) is 12.1. The Balaban J connectivity index is 1.99. The molecule has 2 aromatic rings. The number of carbonyl (C=O) groups excluding carboxylic acids is 2. The molecule has 5 atom stereocenters. The van der Waals surface area contributed by atoms with Gasteiger partial charge in [-0.2, -0.15) is 0 Å². The van der Waals surface area contributed by atoms with Crippen molar-refractivity contribution < 1.29 is 14.0 Å². The summed E-state index contributed by atoms with van der Waals surface area (Å²) in [5.74, 6) is -0.175. The van der Waals surface area contributed by atoms with E-state index in [-0.39, 0.29) is 41.4 Å². The number of likely N-dealkylation sites (N-methyl/N-ethyl adjacent to an activating group) is 1. The molecule has 0 spiro atoms. The van der Waals surface area contributed by atoms with Gasteiger partial charge in [0.05, 0.1) is 6.04 Å². The van der Waals surface area contributed by atoms with E-state index in [0.29, 0.717) is 6.54 Å². The van der Waals surface area contributed by atoms with Crippen LogP contribution in [0.25, 0.3) is 10.9 Å². The minimum Gasteiger partial charge on any atom is -0.361 e. The van der Waals surface area contributed by atoms with Gasteiger partial charge in [0.2, 0.25) is 11.8 Å². The molecule has 0 saturated carbocycles. The molecule has 1 aliphatic heterocycles. The van der Waals surface area contributed by atoms with E-state index >= 15 is 0 Å². The molecule has 1 aliphatic rings. The Hall–Kier alpha value is -2.41. The van der Waals surface area contributed by atoms with Gasteiger partial charge in [-0.25, -0.2) is 4.39 Å². The number of rotatable bonds is 8. The van der Waals surface area contributed by atoms with Gasteiger partial charge in [-0.1, -0.05) is 27.7 Å². The van der Waals surface area contributed by atoms with E-state index in [1.165, 1.54) is 12.1 Å². The predicted octanol–water partition coefficient (Wildman–Crippen LogP) is 4.18. The van der Waals surface area contributed by atoms with Crippen molar-refractivity contribution in [1.82, 2.24) is 20.5 Å². The van der Waals surface area contributed by atoms with E-state index in [0.717, 1.165) is 29.3 Å². The highest BCUT2D eigenvalue weighted by atomic mass is 19.1. The molecule has 2 amide bonds. The highest BCUT2D eigenvalue weighted by Gasteiger charge is 2.52. The van der Waals surface area contributed by atoms with Gasteiger partial charge < -0.3 is 20.5 Å². The summed E-state index contributed by atoms with van der Waals surface area (Å²) in [4.78, 5) is 31.8. The van der Waals surface area contributed by atoms with E-state index in [9.17, 15) is 14.0 Å². The fourth-order valence-corrected chi connectivity index (χ4v) is 5.45. The van der Waals surface area contributed by atoms with Gasteiger partial charge in [0.25, 0.3) is 0 Å². The fraction of sp³-hybridized carbons (Fsp3) is 0.615. The Morgan fingerprint density at radius 3 is 2.61 bits per heavy atom. The first-order chi connectivity index (χ1) is 15.6. The molecule has 7 heteroatoms. The van der Waals surface area contributed by atoms with Crippen molar-refractivity contribution in [3.8, 4) is 0 Å². The molecule has 33 heavy (non-hydrogen) atoms. The van der Waals surface area contributed by atoms with Crippen molar-refractivity contribution in [3.63, 3.8) is 0 Å². The molecule has 6 nitrogen and oxygen atoms in total. The molecular weight excluding hydrogens is 419 g/mol. The number of nitrogens with zero attached hydrogens (tertiary/aromatic N) is 1. The van der Waals surface area contributed by atoms with E-state index in [1.54, 1.807) is 14.0 Å². The Morgan fingerprint density at radius 1 is 1.30 bits per heavy atom. The van der Waals surface area contributed by atoms with Crippen LogP contribution >= 0.6 is 0 Å². The fourth-order valence-electron chi connectivity index (χ4n) is 5.45. The molecule has 1 fully saturated rings. The van der Waals surface area contributed by atoms with Crippen molar-refractivity contribution in [1.29, 1.82) is 0 Å². The van der Waals surface area contributed by atoms with E-state index in [2.05, 4.69) is 36.4 Å². The first-order valence-electron chi connectivity index (χ1n) is 12.1. The number of halogens is 1. The average molecular weight is 459 g/mol. The largest absolute Gasteiger partial charge is 0.361 e. The van der Waals surface area contributed by atoms with Crippen LogP contribution < -0.4 is 10.6 Å². The highest BCUT2D eigenvalue weighted by molar-refractivity contribution is 5.90. The molecule has 3 N–H and O–H groups in total. The van der Waals surface area contributed by atoms with Crippen LogP contribution in [-0.2, 0) is 9.59 Å². The lowest BCUT2D eigenvalue weighted by Gasteiger charge is -2.46. The number of hydrogen-bond acceptors (Lipinski definition) is 3.